The number of alkyl carbamates (subject to hydrolysis) is 1. The van der Waals surface area contributed by atoms with Crippen LogP contribution in [-0.4, -0.2) is 55.5 Å². The van der Waals surface area contributed by atoms with Gasteiger partial charge in [-0.1, -0.05) is 30.3 Å². The Labute approximate surface area is 219 Å². The number of carbonyl (C=O) groups excluding carboxylic acids is 4. The fourth-order valence-electron chi connectivity index (χ4n) is 4.22. The maximum Gasteiger partial charge on any atom is 0.408 e. The first kappa shape index (κ1) is 28.7. The topological polar surface area (TPSA) is 122 Å². The van der Waals surface area contributed by atoms with Gasteiger partial charge in [0, 0.05) is 38.1 Å². The molecule has 2 aliphatic heterocycles. The summed E-state index contributed by atoms with van der Waals surface area (Å²) < 4.78 is 32.7. The number of para-hydroxylation sites is 2. The molecule has 0 fully saturated rings. The van der Waals surface area contributed by atoms with Crippen LogP contribution in [0.3, 0.4) is 0 Å². The Morgan fingerprint density at radius 1 is 0.974 bits per heavy atom. The van der Waals surface area contributed by atoms with E-state index in [1.807, 2.05) is 0 Å². The number of halogens is 2. The van der Waals surface area contributed by atoms with E-state index in [1.54, 1.807) is 58.2 Å². The molecule has 3 N–H and O–H groups in total. The number of hydrogen-bond acceptors (Lipinski definition) is 6. The number of likely N-dealkylation sites (N-methyl/N-ethyl adjacent to an activating group) is 2. The molecule has 0 saturated carbocycles. The highest BCUT2D eigenvalue weighted by atomic mass is 19.3. The molecule has 2 atom stereocenters. The van der Waals surface area contributed by atoms with Crippen LogP contribution in [0.4, 0.5) is 25.0 Å². The van der Waals surface area contributed by atoms with E-state index >= 15 is 0 Å². The number of ketones is 1. The average molecular weight is 531 g/mol. The number of Topliss-reactive ketones (excluding diaryl/α,β-unsaturated/α-hetero) is 1. The Bertz CT molecular complexity index is 1240. The number of nitrogens with two attached hydrogens (primary N) is 1. The molecule has 11 heteroatoms. The molecule has 0 aromatic heterocycles. The van der Waals surface area contributed by atoms with E-state index in [4.69, 9.17) is 10.5 Å². The predicted octanol–water partition coefficient (Wildman–Crippen LogP) is 3.60. The molecule has 3 amide bonds. The lowest BCUT2D eigenvalue weighted by Gasteiger charge is -2.24. The first-order valence-electron chi connectivity index (χ1n) is 12.0. The quantitative estimate of drug-likeness (QED) is 0.581. The van der Waals surface area contributed by atoms with Crippen LogP contribution in [0, 0.1) is 0 Å². The van der Waals surface area contributed by atoms with E-state index in [0.29, 0.717) is 11.3 Å². The van der Waals surface area contributed by atoms with Gasteiger partial charge in [-0.05, 0) is 39.0 Å². The van der Waals surface area contributed by atoms with Crippen molar-refractivity contribution in [3.8, 4) is 0 Å². The highest BCUT2D eigenvalue weighted by Crippen LogP contribution is 2.40. The van der Waals surface area contributed by atoms with Crippen molar-refractivity contribution in [2.24, 2.45) is 5.73 Å². The van der Waals surface area contributed by atoms with Crippen molar-refractivity contribution >= 4 is 35.1 Å². The van der Waals surface area contributed by atoms with Crippen molar-refractivity contribution < 1.29 is 32.7 Å². The zero-order valence-electron chi connectivity index (χ0n) is 22.0. The summed E-state index contributed by atoms with van der Waals surface area (Å²) in [7, 11) is 3.05. The third-order valence-corrected chi connectivity index (χ3v) is 6.06. The highest BCUT2D eigenvalue weighted by molar-refractivity contribution is 6.12. The van der Waals surface area contributed by atoms with Crippen LogP contribution in [0.1, 0.15) is 49.5 Å². The van der Waals surface area contributed by atoms with Gasteiger partial charge >= 0.3 is 6.09 Å². The minimum atomic E-state index is -3.06. The molecular weight excluding hydrogens is 498 g/mol. The number of rotatable bonds is 1. The Hall–Kier alpha value is -3.86. The van der Waals surface area contributed by atoms with Crippen molar-refractivity contribution in [2.75, 3.05) is 23.9 Å². The standard InChI is InChI=1S/C16H20N2O4.C11H12F2N2O/c1-16(2,3)22-15(21)17-11-9-13(19)10-7-5-6-8-12(10)18(4)14(11)20;1-15-9-5-3-2-4-7(9)11(12,13)6-8(14)10(15)16/h5-8,11H,9H2,1-4H3,(H,17,21);2-5,8H,6,14H2,1H3. The highest BCUT2D eigenvalue weighted by Gasteiger charge is 2.42. The molecule has 38 heavy (non-hydrogen) atoms. The van der Waals surface area contributed by atoms with Gasteiger partial charge in [-0.25, -0.2) is 13.6 Å². The summed E-state index contributed by atoms with van der Waals surface area (Å²) in [4.78, 5) is 50.9. The SMILES string of the molecule is CN1C(=O)C(N)CC(F)(F)c2ccccc21.CN1C(=O)C(NC(=O)OC(C)(C)C)CC(=O)c2ccccc21. The molecule has 0 aliphatic carbocycles. The normalized spacial score (nSPS) is 20.8. The number of nitrogens with zero attached hydrogens (tertiary/aromatic N) is 2. The number of amides is 3. The van der Waals surface area contributed by atoms with Gasteiger partial charge in [0.05, 0.1) is 17.4 Å². The Morgan fingerprint density at radius 3 is 2.16 bits per heavy atom. The van der Waals surface area contributed by atoms with Crippen molar-refractivity contribution in [1.29, 1.82) is 0 Å². The van der Waals surface area contributed by atoms with E-state index in [2.05, 4.69) is 5.32 Å². The summed E-state index contributed by atoms with van der Waals surface area (Å²) in [6.45, 7) is 5.19. The van der Waals surface area contributed by atoms with E-state index in [-0.39, 0.29) is 29.4 Å². The molecule has 2 unspecified atom stereocenters. The summed E-state index contributed by atoms with van der Waals surface area (Å²) in [5.74, 6) is -4.07. The van der Waals surface area contributed by atoms with Gasteiger partial charge in [0.15, 0.2) is 5.78 Å². The third-order valence-electron chi connectivity index (χ3n) is 6.06. The van der Waals surface area contributed by atoms with Crippen LogP contribution >= 0.6 is 0 Å². The maximum atomic E-state index is 13.8. The molecule has 0 saturated heterocycles. The van der Waals surface area contributed by atoms with Gasteiger partial charge < -0.3 is 25.6 Å². The fraction of sp³-hybridized carbons (Fsp3) is 0.407. The summed E-state index contributed by atoms with van der Waals surface area (Å²) in [5, 5.41) is 2.49. The number of benzene rings is 2. The van der Waals surface area contributed by atoms with Crippen LogP contribution in [0.2, 0.25) is 0 Å². The summed E-state index contributed by atoms with van der Waals surface area (Å²) in [5.41, 5.74) is 5.90. The Kier molecular flexibility index (Phi) is 8.21. The van der Waals surface area contributed by atoms with Gasteiger partial charge in [0.25, 0.3) is 5.92 Å². The minimum absolute atomic E-state index is 0.0839. The average Bonchev–Trinajstić information content (AvgIpc) is 2.96. The molecule has 2 heterocycles. The number of anilines is 2. The van der Waals surface area contributed by atoms with Crippen molar-refractivity contribution in [3.63, 3.8) is 0 Å². The van der Waals surface area contributed by atoms with Crippen molar-refractivity contribution in [3.05, 3.63) is 59.7 Å². The molecule has 2 aliphatic rings. The molecule has 204 valence electrons. The molecule has 9 nitrogen and oxygen atoms in total. The lowest BCUT2D eigenvalue weighted by molar-refractivity contribution is -0.121. The van der Waals surface area contributed by atoms with Gasteiger partial charge in [-0.15, -0.1) is 0 Å². The molecule has 0 bridgehead atoms. The van der Waals surface area contributed by atoms with Gasteiger partial charge in [-0.3, -0.25) is 14.4 Å². The number of alkyl halides is 2. The smallest absolute Gasteiger partial charge is 0.408 e. The first-order valence-corrected chi connectivity index (χ1v) is 12.0. The van der Waals surface area contributed by atoms with Crippen LogP contribution in [0.25, 0.3) is 0 Å². The van der Waals surface area contributed by atoms with E-state index in [0.717, 1.165) is 0 Å². The van der Waals surface area contributed by atoms with Crippen LogP contribution in [0.5, 0.6) is 0 Å². The molecule has 2 aromatic rings. The second-order valence-electron chi connectivity index (χ2n) is 10.2. The summed E-state index contributed by atoms with van der Waals surface area (Å²) in [6.07, 6.45) is -1.44. The predicted molar refractivity (Wildman–Crippen MR) is 138 cm³/mol. The summed E-state index contributed by atoms with van der Waals surface area (Å²) in [6, 6.07) is 10.8. The number of nitrogens with one attached hydrogen (secondary N) is 1. The number of ether oxygens (including phenoxy) is 1. The number of carbonyl (C=O) groups is 4. The van der Waals surface area contributed by atoms with Gasteiger partial charge in [0.1, 0.15) is 11.6 Å². The van der Waals surface area contributed by atoms with Crippen molar-refractivity contribution in [1.82, 2.24) is 5.32 Å². The van der Waals surface area contributed by atoms with Crippen molar-refractivity contribution in [2.45, 2.75) is 57.2 Å². The van der Waals surface area contributed by atoms with Crippen LogP contribution < -0.4 is 20.9 Å². The second-order valence-corrected chi connectivity index (χ2v) is 10.2. The van der Waals surface area contributed by atoms with Crippen LogP contribution in [0.15, 0.2) is 48.5 Å². The molecule has 4 rings (SSSR count). The molecule has 2 aromatic carbocycles. The second kappa shape index (κ2) is 10.9. The zero-order valence-corrected chi connectivity index (χ0v) is 22.0. The minimum Gasteiger partial charge on any atom is -0.444 e. The van der Waals surface area contributed by atoms with E-state index in [9.17, 15) is 28.0 Å². The summed E-state index contributed by atoms with van der Waals surface area (Å²) >= 11 is 0. The maximum absolute atomic E-state index is 13.8. The largest absolute Gasteiger partial charge is 0.444 e. The fourth-order valence-corrected chi connectivity index (χ4v) is 4.22. The lowest BCUT2D eigenvalue weighted by Crippen LogP contribution is -2.48. The molecular formula is C27H32F2N4O5. The van der Waals surface area contributed by atoms with Crippen LogP contribution in [-0.2, 0) is 20.2 Å². The zero-order chi connectivity index (χ0) is 28.4. The van der Waals surface area contributed by atoms with E-state index in [1.165, 1.54) is 35.0 Å². The third kappa shape index (κ3) is 6.34. The Morgan fingerprint density at radius 2 is 1.53 bits per heavy atom. The van der Waals surface area contributed by atoms with Gasteiger partial charge in [-0.2, -0.15) is 0 Å². The molecule has 0 radical (unpaired) electrons. The van der Waals surface area contributed by atoms with Gasteiger partial charge in [0.2, 0.25) is 11.8 Å². The van der Waals surface area contributed by atoms with E-state index < -0.39 is 42.0 Å². The number of fused-ring (bicyclic) bond motifs is 2. The number of hydrogen-bond donors (Lipinski definition) is 2. The lowest BCUT2D eigenvalue weighted by atomic mass is 10.0. The Balaban J connectivity index is 0.000000221. The molecule has 0 spiro atoms. The first-order chi connectivity index (χ1) is 17.6. The monoisotopic (exact) mass is 530 g/mol.